The smallest absolute Gasteiger partial charge is 0.364 e. The number of primary amides is 1. The van der Waals surface area contributed by atoms with Crippen molar-refractivity contribution in [2.75, 3.05) is 5.32 Å². The lowest BCUT2D eigenvalue weighted by molar-refractivity contribution is -0.142. The second kappa shape index (κ2) is 6.66. The molecule has 0 radical (unpaired) electrons. The normalized spacial score (nSPS) is 15.6. The van der Waals surface area contributed by atoms with Gasteiger partial charge in [0.2, 0.25) is 5.91 Å². The molecule has 2 aromatic rings. The molecule has 1 aliphatic carbocycles. The minimum atomic E-state index is -4.65. The SMILES string of the molecule is C[C@H](C(=O)Nc1cnn(C)c1C(N)=O)n1nc(C(F)(F)F)c(Br)c1C1CC1. The summed E-state index contributed by atoms with van der Waals surface area (Å²) in [6.45, 7) is 1.43. The van der Waals surface area contributed by atoms with E-state index < -0.39 is 29.7 Å². The first-order valence-corrected chi connectivity index (χ1v) is 8.79. The molecule has 12 heteroatoms. The van der Waals surface area contributed by atoms with E-state index in [1.54, 1.807) is 0 Å². The third kappa shape index (κ3) is 3.57. The molecule has 3 N–H and O–H groups in total. The van der Waals surface area contributed by atoms with E-state index in [1.807, 2.05) is 0 Å². The lowest BCUT2D eigenvalue weighted by Crippen LogP contribution is -2.27. The van der Waals surface area contributed by atoms with Crippen molar-refractivity contribution in [3.05, 3.63) is 27.8 Å². The fraction of sp³-hybridized carbons (Fsp3) is 0.467. The summed E-state index contributed by atoms with van der Waals surface area (Å²) in [7, 11) is 1.48. The Morgan fingerprint density at radius 3 is 2.56 bits per heavy atom. The Bertz CT molecular complexity index is 916. The first-order valence-electron chi connectivity index (χ1n) is 8.00. The Kier molecular flexibility index (Phi) is 4.78. The van der Waals surface area contributed by atoms with Crippen molar-refractivity contribution in [2.45, 2.75) is 37.9 Å². The number of anilines is 1. The lowest BCUT2D eigenvalue weighted by atomic mass is 10.2. The van der Waals surface area contributed by atoms with Crippen molar-refractivity contribution < 1.29 is 22.8 Å². The highest BCUT2D eigenvalue weighted by Gasteiger charge is 2.43. The monoisotopic (exact) mass is 448 g/mol. The molecule has 0 aliphatic heterocycles. The van der Waals surface area contributed by atoms with Crippen LogP contribution in [0.5, 0.6) is 0 Å². The quantitative estimate of drug-likeness (QED) is 0.732. The summed E-state index contributed by atoms with van der Waals surface area (Å²) < 4.78 is 41.8. The van der Waals surface area contributed by atoms with Crippen LogP contribution in [0.1, 0.15) is 53.6 Å². The molecule has 8 nitrogen and oxygen atoms in total. The average Bonchev–Trinajstić information content (AvgIpc) is 3.23. The summed E-state index contributed by atoms with van der Waals surface area (Å²) in [4.78, 5) is 24.1. The van der Waals surface area contributed by atoms with Crippen molar-refractivity contribution in [3.63, 3.8) is 0 Å². The minimum Gasteiger partial charge on any atom is -0.364 e. The maximum absolute atomic E-state index is 13.2. The summed E-state index contributed by atoms with van der Waals surface area (Å²) >= 11 is 2.99. The van der Waals surface area contributed by atoms with E-state index in [-0.39, 0.29) is 21.8 Å². The van der Waals surface area contributed by atoms with E-state index >= 15 is 0 Å². The number of aromatic nitrogens is 4. The predicted octanol–water partition coefficient (Wildman–Crippen LogP) is 2.57. The molecule has 2 amide bonds. The number of nitrogens with zero attached hydrogens (tertiary/aromatic N) is 4. The maximum Gasteiger partial charge on any atom is 0.436 e. The van der Waals surface area contributed by atoms with Gasteiger partial charge in [0.05, 0.1) is 22.1 Å². The Hall–Kier alpha value is -2.37. The van der Waals surface area contributed by atoms with Gasteiger partial charge in [-0.1, -0.05) is 0 Å². The second-order valence-corrected chi connectivity index (χ2v) is 7.12. The van der Waals surface area contributed by atoms with Crippen molar-refractivity contribution in [2.24, 2.45) is 12.8 Å². The highest BCUT2D eigenvalue weighted by atomic mass is 79.9. The first kappa shape index (κ1) is 19.4. The molecule has 0 spiro atoms. The molecular weight excluding hydrogens is 433 g/mol. The van der Waals surface area contributed by atoms with Crippen LogP contribution in [0.3, 0.4) is 0 Å². The zero-order valence-electron chi connectivity index (χ0n) is 14.3. The fourth-order valence-electron chi connectivity index (χ4n) is 2.80. The fourth-order valence-corrected chi connectivity index (χ4v) is 3.61. The van der Waals surface area contributed by atoms with Crippen LogP contribution in [0.2, 0.25) is 0 Å². The molecule has 2 heterocycles. The van der Waals surface area contributed by atoms with Gasteiger partial charge >= 0.3 is 6.18 Å². The van der Waals surface area contributed by atoms with Crippen LogP contribution in [-0.2, 0) is 18.0 Å². The molecule has 1 saturated carbocycles. The molecule has 1 fully saturated rings. The largest absolute Gasteiger partial charge is 0.436 e. The molecule has 2 aromatic heterocycles. The van der Waals surface area contributed by atoms with Gasteiger partial charge in [-0.3, -0.25) is 19.0 Å². The summed E-state index contributed by atoms with van der Waals surface area (Å²) in [5, 5.41) is 9.98. The van der Waals surface area contributed by atoms with Gasteiger partial charge in [0, 0.05) is 13.0 Å². The van der Waals surface area contributed by atoms with Gasteiger partial charge in [-0.25, -0.2) is 0 Å². The molecule has 0 aromatic carbocycles. The third-order valence-electron chi connectivity index (χ3n) is 4.30. The summed E-state index contributed by atoms with van der Waals surface area (Å²) in [5.74, 6) is -1.52. The van der Waals surface area contributed by atoms with Crippen LogP contribution in [0.25, 0.3) is 0 Å². The van der Waals surface area contributed by atoms with Gasteiger partial charge < -0.3 is 11.1 Å². The van der Waals surface area contributed by atoms with E-state index in [0.29, 0.717) is 5.69 Å². The van der Waals surface area contributed by atoms with E-state index in [2.05, 4.69) is 31.4 Å². The number of amides is 2. The topological polar surface area (TPSA) is 108 Å². The van der Waals surface area contributed by atoms with Gasteiger partial charge in [-0.05, 0) is 35.7 Å². The maximum atomic E-state index is 13.2. The van der Waals surface area contributed by atoms with E-state index in [1.165, 1.54) is 24.9 Å². The minimum absolute atomic E-state index is 0.0180. The number of nitrogens with one attached hydrogen (secondary N) is 1. The molecule has 1 aliphatic rings. The van der Waals surface area contributed by atoms with Crippen LogP contribution in [0.4, 0.5) is 18.9 Å². The van der Waals surface area contributed by atoms with Gasteiger partial charge in [0.1, 0.15) is 11.7 Å². The molecule has 0 bridgehead atoms. The Morgan fingerprint density at radius 1 is 1.41 bits per heavy atom. The predicted molar refractivity (Wildman–Crippen MR) is 92.0 cm³/mol. The number of rotatable bonds is 5. The van der Waals surface area contributed by atoms with Gasteiger partial charge in [-0.2, -0.15) is 23.4 Å². The summed E-state index contributed by atoms with van der Waals surface area (Å²) in [5.41, 5.74) is 4.60. The van der Waals surface area contributed by atoms with Crippen LogP contribution in [-0.4, -0.2) is 31.4 Å². The van der Waals surface area contributed by atoms with E-state index in [0.717, 1.165) is 17.5 Å². The number of hydrogen-bond acceptors (Lipinski definition) is 4. The van der Waals surface area contributed by atoms with Gasteiger partial charge in [0.25, 0.3) is 5.91 Å². The number of halogens is 4. The van der Waals surface area contributed by atoms with Crippen LogP contribution < -0.4 is 11.1 Å². The Morgan fingerprint density at radius 2 is 2.04 bits per heavy atom. The van der Waals surface area contributed by atoms with Crippen molar-refractivity contribution in [3.8, 4) is 0 Å². The summed E-state index contributed by atoms with van der Waals surface area (Å²) in [6.07, 6.45) is -1.95. The highest BCUT2D eigenvalue weighted by molar-refractivity contribution is 9.10. The molecule has 3 rings (SSSR count). The van der Waals surface area contributed by atoms with Crippen LogP contribution in [0, 0.1) is 0 Å². The van der Waals surface area contributed by atoms with Crippen molar-refractivity contribution in [1.82, 2.24) is 19.6 Å². The number of nitrogens with two attached hydrogens (primary N) is 1. The molecular formula is C15H16BrF3N6O2. The molecule has 146 valence electrons. The summed E-state index contributed by atoms with van der Waals surface area (Å²) in [6, 6.07) is -1.05. The second-order valence-electron chi connectivity index (χ2n) is 6.32. The lowest BCUT2D eigenvalue weighted by Gasteiger charge is -2.15. The van der Waals surface area contributed by atoms with Crippen molar-refractivity contribution >= 4 is 33.4 Å². The van der Waals surface area contributed by atoms with Gasteiger partial charge in [-0.15, -0.1) is 0 Å². The molecule has 1 atom stereocenters. The van der Waals surface area contributed by atoms with Crippen LogP contribution >= 0.6 is 15.9 Å². The number of alkyl halides is 3. The standard InChI is InChI=1S/C15H16BrF3N6O2/c1-6(14(27)22-8-5-21-24(2)11(8)13(20)26)25-10(7-3-4-7)9(16)12(23-25)15(17,18)19/h5-7H,3-4H2,1-2H3,(H2,20,26)(H,22,27)/t6-/m1/s1. The third-order valence-corrected chi connectivity index (χ3v) is 5.08. The number of aryl methyl sites for hydroxylation is 1. The number of hydrogen-bond donors (Lipinski definition) is 2. The zero-order valence-corrected chi connectivity index (χ0v) is 15.9. The highest BCUT2D eigenvalue weighted by Crippen LogP contribution is 2.47. The van der Waals surface area contributed by atoms with Crippen LogP contribution in [0.15, 0.2) is 10.7 Å². The Labute approximate surface area is 160 Å². The first-order chi connectivity index (χ1) is 12.5. The molecule has 0 unspecified atom stereocenters. The zero-order chi connectivity index (χ0) is 20.1. The number of carbonyl (C=O) groups is 2. The number of carbonyl (C=O) groups excluding carboxylic acids is 2. The van der Waals surface area contributed by atoms with Gasteiger partial charge in [0.15, 0.2) is 5.69 Å². The Balaban J connectivity index is 1.93. The van der Waals surface area contributed by atoms with E-state index in [4.69, 9.17) is 5.73 Å². The molecule has 27 heavy (non-hydrogen) atoms. The van der Waals surface area contributed by atoms with Crippen molar-refractivity contribution in [1.29, 1.82) is 0 Å². The average molecular weight is 449 g/mol. The molecule has 0 saturated heterocycles. The van der Waals surface area contributed by atoms with E-state index in [9.17, 15) is 22.8 Å².